The molecule has 44 heavy (non-hydrogen) atoms. The molecular formula is C40H70N2O2+2. The van der Waals surface area contributed by atoms with Crippen LogP contribution in [0.1, 0.15) is 128 Å². The van der Waals surface area contributed by atoms with Crippen molar-refractivity contribution in [1.82, 2.24) is 0 Å². The fourth-order valence-electron chi connectivity index (χ4n) is 6.76. The van der Waals surface area contributed by atoms with Gasteiger partial charge in [-0.3, -0.25) is 0 Å². The van der Waals surface area contributed by atoms with Crippen molar-refractivity contribution in [3.8, 4) is 11.1 Å². The zero-order chi connectivity index (χ0) is 31.9. The number of rotatable bonds is 27. The number of benzene rings is 2. The monoisotopic (exact) mass is 611 g/mol. The van der Waals surface area contributed by atoms with E-state index in [9.17, 15) is 10.2 Å². The van der Waals surface area contributed by atoms with Crippen molar-refractivity contribution in [2.24, 2.45) is 0 Å². The van der Waals surface area contributed by atoms with Gasteiger partial charge in [0, 0.05) is 11.1 Å². The van der Waals surface area contributed by atoms with Gasteiger partial charge in [-0.05, 0) is 36.8 Å². The Morgan fingerprint density at radius 1 is 0.409 bits per heavy atom. The van der Waals surface area contributed by atoms with E-state index in [2.05, 4.69) is 76.5 Å². The molecule has 2 N–H and O–H groups in total. The van der Waals surface area contributed by atoms with Crippen LogP contribution in [-0.4, -0.2) is 72.7 Å². The molecular weight excluding hydrogens is 540 g/mol. The first-order chi connectivity index (χ1) is 21.4. The van der Waals surface area contributed by atoms with E-state index in [4.69, 9.17) is 0 Å². The molecule has 0 aliphatic heterocycles. The van der Waals surface area contributed by atoms with Gasteiger partial charge >= 0.3 is 0 Å². The van der Waals surface area contributed by atoms with Gasteiger partial charge in [0.15, 0.2) is 0 Å². The average Bonchev–Trinajstić information content (AvgIpc) is 3.01. The van der Waals surface area contributed by atoms with Gasteiger partial charge in [-0.2, -0.15) is 0 Å². The van der Waals surface area contributed by atoms with Crippen LogP contribution in [0.15, 0.2) is 48.5 Å². The Morgan fingerprint density at radius 3 is 1.00 bits per heavy atom. The van der Waals surface area contributed by atoms with Crippen molar-refractivity contribution in [3.63, 3.8) is 0 Å². The topological polar surface area (TPSA) is 40.5 Å². The molecule has 250 valence electrons. The summed E-state index contributed by atoms with van der Waals surface area (Å²) >= 11 is 0. The predicted octanol–water partition coefficient (Wildman–Crippen LogP) is 9.51. The standard InChI is InChI=1S/C40H70N2O2/c1-5-7-9-11-13-15-17-19-29-41(3,31-33-43)35-37-21-25-39(26-22-37)40-27-23-38(24-28-40)36-42(4,32-34-44)30-20-18-16-14-12-10-8-6-2/h21-28,43-44H,5-20,29-36H2,1-4H3/q+2. The average molecular weight is 611 g/mol. The Hall–Kier alpha value is -1.72. The minimum atomic E-state index is 0.243. The highest BCUT2D eigenvalue weighted by Crippen LogP contribution is 2.24. The number of aliphatic hydroxyl groups is 2. The van der Waals surface area contributed by atoms with Crippen LogP contribution in [-0.2, 0) is 13.1 Å². The normalized spacial score (nSPS) is 14.4. The van der Waals surface area contributed by atoms with E-state index in [1.807, 2.05) is 0 Å². The van der Waals surface area contributed by atoms with Gasteiger partial charge in [-0.25, -0.2) is 0 Å². The maximum Gasteiger partial charge on any atom is 0.104 e. The molecule has 0 heterocycles. The number of hydrogen-bond donors (Lipinski definition) is 2. The fourth-order valence-corrected chi connectivity index (χ4v) is 6.76. The molecule has 0 aliphatic rings. The fraction of sp³-hybridized carbons (Fsp3) is 0.700. The van der Waals surface area contributed by atoms with Crippen LogP contribution in [0.25, 0.3) is 11.1 Å². The molecule has 2 unspecified atom stereocenters. The number of unbranched alkanes of at least 4 members (excludes halogenated alkanes) is 14. The second-order valence-electron chi connectivity index (χ2n) is 14.2. The molecule has 0 spiro atoms. The highest BCUT2D eigenvalue weighted by atomic mass is 16.3. The molecule has 0 fully saturated rings. The molecule has 0 aliphatic carbocycles. The van der Waals surface area contributed by atoms with Crippen molar-refractivity contribution in [2.45, 2.75) is 130 Å². The van der Waals surface area contributed by atoms with Crippen LogP contribution in [0.2, 0.25) is 0 Å². The van der Waals surface area contributed by atoms with Crippen molar-refractivity contribution in [3.05, 3.63) is 59.7 Å². The molecule has 0 aromatic heterocycles. The summed E-state index contributed by atoms with van der Waals surface area (Å²) in [5, 5.41) is 19.6. The molecule has 2 aromatic carbocycles. The zero-order valence-electron chi connectivity index (χ0n) is 29.4. The van der Waals surface area contributed by atoms with Gasteiger partial charge < -0.3 is 19.2 Å². The third-order valence-electron chi connectivity index (χ3n) is 9.75. The molecule has 0 bridgehead atoms. The predicted molar refractivity (Wildman–Crippen MR) is 191 cm³/mol. The summed E-state index contributed by atoms with van der Waals surface area (Å²) in [6.45, 7) is 10.9. The summed E-state index contributed by atoms with van der Waals surface area (Å²) in [7, 11) is 4.61. The van der Waals surface area contributed by atoms with Gasteiger partial charge in [0.05, 0.1) is 40.4 Å². The van der Waals surface area contributed by atoms with Gasteiger partial charge in [-0.15, -0.1) is 0 Å². The first-order valence-electron chi connectivity index (χ1n) is 18.4. The largest absolute Gasteiger partial charge is 0.391 e. The first-order valence-corrected chi connectivity index (χ1v) is 18.4. The highest BCUT2D eigenvalue weighted by molar-refractivity contribution is 5.63. The summed E-state index contributed by atoms with van der Waals surface area (Å²) in [5.74, 6) is 0. The second-order valence-corrected chi connectivity index (χ2v) is 14.2. The Bertz CT molecular complexity index is 881. The third kappa shape index (κ3) is 16.0. The van der Waals surface area contributed by atoms with Crippen LogP contribution < -0.4 is 0 Å². The number of hydrogen-bond acceptors (Lipinski definition) is 2. The van der Waals surface area contributed by atoms with E-state index in [1.54, 1.807) is 0 Å². The molecule has 2 aromatic rings. The lowest BCUT2D eigenvalue weighted by Gasteiger charge is -2.34. The number of quaternary nitrogens is 2. The minimum Gasteiger partial charge on any atom is -0.391 e. The van der Waals surface area contributed by atoms with Gasteiger partial charge in [-0.1, -0.05) is 139 Å². The molecule has 2 atom stereocenters. The maximum atomic E-state index is 9.79. The first kappa shape index (κ1) is 38.5. The van der Waals surface area contributed by atoms with E-state index in [1.165, 1.54) is 125 Å². The number of nitrogens with zero attached hydrogens (tertiary/aromatic N) is 2. The van der Waals surface area contributed by atoms with E-state index >= 15 is 0 Å². The zero-order valence-corrected chi connectivity index (χ0v) is 29.4. The van der Waals surface area contributed by atoms with E-state index in [-0.39, 0.29) is 13.2 Å². The Labute approximate surface area is 272 Å². The Kier molecular flexibility index (Phi) is 19.9. The quantitative estimate of drug-likeness (QED) is 0.0781. The highest BCUT2D eigenvalue weighted by Gasteiger charge is 2.22. The van der Waals surface area contributed by atoms with Gasteiger partial charge in [0.25, 0.3) is 0 Å². The van der Waals surface area contributed by atoms with Crippen molar-refractivity contribution in [1.29, 1.82) is 0 Å². The number of likely N-dealkylation sites (N-methyl/N-ethyl adjacent to an activating group) is 2. The SMILES string of the molecule is CCCCCCCCCC[N+](C)(CCO)Cc1ccc(-c2ccc(C[N+](C)(CCO)CCCCCCCCCC)cc2)cc1. The molecule has 0 amide bonds. The smallest absolute Gasteiger partial charge is 0.104 e. The Morgan fingerprint density at radius 2 is 0.705 bits per heavy atom. The molecule has 4 heteroatoms. The van der Waals surface area contributed by atoms with Crippen LogP contribution >= 0.6 is 0 Å². The third-order valence-corrected chi connectivity index (χ3v) is 9.75. The molecule has 2 rings (SSSR count). The Balaban J connectivity index is 1.86. The van der Waals surface area contributed by atoms with Gasteiger partial charge in [0.1, 0.15) is 26.2 Å². The van der Waals surface area contributed by atoms with Crippen LogP contribution in [0.4, 0.5) is 0 Å². The summed E-state index contributed by atoms with van der Waals surface area (Å²) in [6, 6.07) is 18.2. The lowest BCUT2D eigenvalue weighted by atomic mass is 10.0. The molecule has 0 saturated heterocycles. The van der Waals surface area contributed by atoms with E-state index in [0.29, 0.717) is 0 Å². The summed E-state index contributed by atoms with van der Waals surface area (Å²) in [5.41, 5.74) is 5.20. The van der Waals surface area contributed by atoms with Gasteiger partial charge in [0.2, 0.25) is 0 Å². The lowest BCUT2D eigenvalue weighted by Crippen LogP contribution is -2.46. The second kappa shape index (κ2) is 22.7. The summed E-state index contributed by atoms with van der Waals surface area (Å²) < 4.78 is 1.81. The lowest BCUT2D eigenvalue weighted by molar-refractivity contribution is -0.923. The number of aliphatic hydroxyl groups excluding tert-OH is 2. The van der Waals surface area contributed by atoms with Crippen molar-refractivity contribution in [2.75, 3.05) is 53.5 Å². The minimum absolute atomic E-state index is 0.243. The summed E-state index contributed by atoms with van der Waals surface area (Å²) in [6.07, 6.45) is 21.4. The molecule has 0 saturated carbocycles. The van der Waals surface area contributed by atoms with Crippen molar-refractivity contribution >= 4 is 0 Å². The van der Waals surface area contributed by atoms with Crippen LogP contribution in [0, 0.1) is 0 Å². The molecule has 4 nitrogen and oxygen atoms in total. The molecule has 0 radical (unpaired) electrons. The van der Waals surface area contributed by atoms with Crippen LogP contribution in [0.5, 0.6) is 0 Å². The van der Waals surface area contributed by atoms with E-state index in [0.717, 1.165) is 48.2 Å². The van der Waals surface area contributed by atoms with Crippen molar-refractivity contribution < 1.29 is 19.2 Å². The van der Waals surface area contributed by atoms with Crippen LogP contribution in [0.3, 0.4) is 0 Å². The van der Waals surface area contributed by atoms with E-state index < -0.39 is 0 Å². The maximum absolute atomic E-state index is 9.79. The summed E-state index contributed by atoms with van der Waals surface area (Å²) in [4.78, 5) is 0.